The van der Waals surface area contributed by atoms with Crippen molar-refractivity contribution in [3.63, 3.8) is 0 Å². The molecule has 0 saturated carbocycles. The van der Waals surface area contributed by atoms with E-state index < -0.39 is 0 Å². The van der Waals surface area contributed by atoms with Crippen molar-refractivity contribution in [1.29, 1.82) is 0 Å². The molecule has 1 aliphatic heterocycles. The Labute approximate surface area is 91.5 Å². The number of hydrogen-bond acceptors (Lipinski definition) is 2. The maximum atomic E-state index is 5.28. The van der Waals surface area contributed by atoms with E-state index >= 15 is 0 Å². The van der Waals surface area contributed by atoms with Gasteiger partial charge in [-0.05, 0) is 57.3 Å². The zero-order valence-corrected chi connectivity index (χ0v) is 9.75. The molecule has 0 radical (unpaired) electrons. The van der Waals surface area contributed by atoms with Gasteiger partial charge in [0.1, 0.15) is 0 Å². The maximum Gasteiger partial charge on any atom is 0.231 e. The van der Waals surface area contributed by atoms with E-state index in [9.17, 15) is 0 Å². The highest BCUT2D eigenvalue weighted by atomic mass is 127. The van der Waals surface area contributed by atoms with Crippen LogP contribution in [0, 0.1) is 7.14 Å². The molecule has 0 saturated heterocycles. The summed E-state index contributed by atoms with van der Waals surface area (Å²) < 4.78 is 12.8. The second-order valence-electron chi connectivity index (χ2n) is 2.09. The van der Waals surface area contributed by atoms with Gasteiger partial charge in [0.25, 0.3) is 0 Å². The molecule has 58 valence electrons. The molecule has 1 aromatic rings. The fraction of sp³-hybridized carbons (Fsp3) is 0.143. The van der Waals surface area contributed by atoms with Crippen molar-refractivity contribution in [1.82, 2.24) is 0 Å². The first-order valence-corrected chi connectivity index (χ1v) is 5.18. The first-order valence-electron chi connectivity index (χ1n) is 3.02. The van der Waals surface area contributed by atoms with E-state index in [-0.39, 0.29) is 0 Å². The minimum atomic E-state index is 0.353. The zero-order chi connectivity index (χ0) is 7.84. The molecule has 4 heteroatoms. The van der Waals surface area contributed by atoms with Gasteiger partial charge < -0.3 is 9.47 Å². The number of fused-ring (bicyclic) bond motifs is 1. The van der Waals surface area contributed by atoms with Crippen LogP contribution in [0.15, 0.2) is 12.1 Å². The standard InChI is InChI=1S/C7H4I2O2/c8-4-1-2-5(9)7-6(4)10-3-11-7/h1-2H,3H2. The number of rotatable bonds is 0. The Hall–Kier alpha value is 0.280. The summed E-state index contributed by atoms with van der Waals surface area (Å²) in [5, 5.41) is 0. The van der Waals surface area contributed by atoms with E-state index in [0.29, 0.717) is 6.79 Å². The normalized spacial score (nSPS) is 13.6. The van der Waals surface area contributed by atoms with Crippen LogP contribution in [0.2, 0.25) is 0 Å². The summed E-state index contributed by atoms with van der Waals surface area (Å²) >= 11 is 4.47. The van der Waals surface area contributed by atoms with Crippen LogP contribution in [0.1, 0.15) is 0 Å². The van der Waals surface area contributed by atoms with Gasteiger partial charge in [-0.3, -0.25) is 0 Å². The Kier molecular flexibility index (Phi) is 2.13. The summed E-state index contributed by atoms with van der Waals surface area (Å²) in [6.07, 6.45) is 0. The lowest BCUT2D eigenvalue weighted by molar-refractivity contribution is 0.173. The second kappa shape index (κ2) is 2.96. The van der Waals surface area contributed by atoms with Crippen LogP contribution in [0.4, 0.5) is 0 Å². The molecule has 0 spiro atoms. The average Bonchev–Trinajstić information content (AvgIpc) is 2.45. The fourth-order valence-electron chi connectivity index (χ4n) is 0.931. The molecule has 1 heterocycles. The van der Waals surface area contributed by atoms with Gasteiger partial charge in [0.15, 0.2) is 11.5 Å². The van der Waals surface area contributed by atoms with Crippen molar-refractivity contribution in [3.05, 3.63) is 19.3 Å². The van der Waals surface area contributed by atoms with Crippen LogP contribution < -0.4 is 9.47 Å². The molecule has 2 nitrogen and oxygen atoms in total. The third kappa shape index (κ3) is 1.30. The maximum absolute atomic E-state index is 5.28. The lowest BCUT2D eigenvalue weighted by Crippen LogP contribution is -1.93. The van der Waals surface area contributed by atoms with Crippen molar-refractivity contribution in [2.45, 2.75) is 0 Å². The van der Waals surface area contributed by atoms with Crippen LogP contribution in [0.5, 0.6) is 11.5 Å². The minimum Gasteiger partial charge on any atom is -0.452 e. The molecule has 0 atom stereocenters. The minimum absolute atomic E-state index is 0.353. The molecule has 0 bridgehead atoms. The number of hydrogen-bond donors (Lipinski definition) is 0. The highest BCUT2D eigenvalue weighted by Crippen LogP contribution is 2.39. The van der Waals surface area contributed by atoms with Crippen LogP contribution >= 0.6 is 45.2 Å². The summed E-state index contributed by atoms with van der Waals surface area (Å²) in [4.78, 5) is 0. The first kappa shape index (κ1) is 7.90. The predicted molar refractivity (Wildman–Crippen MR) is 58.0 cm³/mol. The molecule has 11 heavy (non-hydrogen) atoms. The Morgan fingerprint density at radius 2 is 1.45 bits per heavy atom. The van der Waals surface area contributed by atoms with E-state index in [0.717, 1.165) is 18.6 Å². The number of benzene rings is 1. The van der Waals surface area contributed by atoms with Crippen molar-refractivity contribution in [2.75, 3.05) is 6.79 Å². The van der Waals surface area contributed by atoms with Crippen molar-refractivity contribution in [2.24, 2.45) is 0 Å². The summed E-state index contributed by atoms with van der Waals surface area (Å²) in [6, 6.07) is 4.05. The van der Waals surface area contributed by atoms with E-state index in [2.05, 4.69) is 45.2 Å². The summed E-state index contributed by atoms with van der Waals surface area (Å²) in [7, 11) is 0. The van der Waals surface area contributed by atoms with Crippen molar-refractivity contribution in [3.8, 4) is 11.5 Å². The molecule has 0 N–H and O–H groups in total. The van der Waals surface area contributed by atoms with Gasteiger partial charge in [0, 0.05) is 0 Å². The predicted octanol–water partition coefficient (Wildman–Crippen LogP) is 2.62. The molecular weight excluding hydrogens is 370 g/mol. The third-order valence-electron chi connectivity index (χ3n) is 1.42. The fourth-order valence-corrected chi connectivity index (χ4v) is 2.09. The van der Waals surface area contributed by atoms with Crippen LogP contribution in [-0.2, 0) is 0 Å². The summed E-state index contributed by atoms with van der Waals surface area (Å²) in [5.41, 5.74) is 0. The molecule has 0 unspecified atom stereocenters. The first-order chi connectivity index (χ1) is 5.29. The molecule has 1 aromatic carbocycles. The molecule has 0 amide bonds. The molecule has 0 aliphatic carbocycles. The van der Waals surface area contributed by atoms with Crippen molar-refractivity contribution >= 4 is 45.2 Å². The second-order valence-corrected chi connectivity index (χ2v) is 4.42. The SMILES string of the molecule is Ic1ccc(I)c2c1OCO2. The topological polar surface area (TPSA) is 18.5 Å². The third-order valence-corrected chi connectivity index (χ3v) is 3.12. The van der Waals surface area contributed by atoms with Gasteiger partial charge in [-0.1, -0.05) is 0 Å². The molecule has 1 aliphatic rings. The van der Waals surface area contributed by atoms with Gasteiger partial charge in [0.2, 0.25) is 6.79 Å². The lowest BCUT2D eigenvalue weighted by atomic mass is 10.3. The highest BCUT2D eigenvalue weighted by molar-refractivity contribution is 14.1. The Bertz CT molecular complexity index is 270. The van der Waals surface area contributed by atoms with Gasteiger partial charge in [0.05, 0.1) is 7.14 Å². The zero-order valence-electron chi connectivity index (χ0n) is 5.43. The highest BCUT2D eigenvalue weighted by Gasteiger charge is 2.18. The van der Waals surface area contributed by atoms with E-state index in [4.69, 9.17) is 9.47 Å². The molecule has 0 aromatic heterocycles. The van der Waals surface area contributed by atoms with E-state index in [1.54, 1.807) is 0 Å². The van der Waals surface area contributed by atoms with Gasteiger partial charge in [-0.15, -0.1) is 0 Å². The largest absolute Gasteiger partial charge is 0.452 e. The molecule has 0 fully saturated rings. The monoisotopic (exact) mass is 374 g/mol. The van der Waals surface area contributed by atoms with Gasteiger partial charge in [-0.2, -0.15) is 0 Å². The van der Waals surface area contributed by atoms with E-state index in [1.165, 1.54) is 0 Å². The van der Waals surface area contributed by atoms with Crippen LogP contribution in [-0.4, -0.2) is 6.79 Å². The van der Waals surface area contributed by atoms with Gasteiger partial charge in [-0.25, -0.2) is 0 Å². The van der Waals surface area contributed by atoms with Crippen LogP contribution in [0.25, 0.3) is 0 Å². The smallest absolute Gasteiger partial charge is 0.231 e. The number of halogens is 2. The summed E-state index contributed by atoms with van der Waals surface area (Å²) in [5.74, 6) is 1.77. The number of ether oxygens (including phenoxy) is 2. The lowest BCUT2D eigenvalue weighted by Gasteiger charge is -1.99. The summed E-state index contributed by atoms with van der Waals surface area (Å²) in [6.45, 7) is 0.353. The Morgan fingerprint density at radius 3 is 1.91 bits per heavy atom. The van der Waals surface area contributed by atoms with Crippen LogP contribution in [0.3, 0.4) is 0 Å². The molecular formula is C7H4I2O2. The Balaban J connectivity index is 2.64. The Morgan fingerprint density at radius 1 is 1.00 bits per heavy atom. The quantitative estimate of drug-likeness (QED) is 0.651. The van der Waals surface area contributed by atoms with Gasteiger partial charge >= 0.3 is 0 Å². The van der Waals surface area contributed by atoms with Crippen molar-refractivity contribution < 1.29 is 9.47 Å². The van der Waals surface area contributed by atoms with E-state index in [1.807, 2.05) is 12.1 Å². The average molecular weight is 374 g/mol. The molecule has 2 rings (SSSR count).